The molecule has 0 aliphatic rings. The van der Waals surface area contributed by atoms with Crippen LogP contribution in [0.15, 0.2) is 36.7 Å². The predicted molar refractivity (Wildman–Crippen MR) is 89.2 cm³/mol. The highest BCUT2D eigenvalue weighted by atomic mass is 32.2. The second-order valence-corrected chi connectivity index (χ2v) is 6.17. The van der Waals surface area contributed by atoms with Crippen molar-refractivity contribution in [1.82, 2.24) is 14.9 Å². The third kappa shape index (κ3) is 3.62. The molecule has 1 aromatic carbocycles. The zero-order chi connectivity index (χ0) is 16.1. The number of aromatic nitrogens is 2. The second-order valence-electron chi connectivity index (χ2n) is 4.99. The van der Waals surface area contributed by atoms with Crippen LogP contribution in [0, 0.1) is 0 Å². The Kier molecular flexibility index (Phi) is 5.49. The summed E-state index contributed by atoms with van der Waals surface area (Å²) in [6.45, 7) is 1.89. The molecule has 6 heteroatoms. The second kappa shape index (κ2) is 7.35. The number of hydrogen-bond acceptors (Lipinski definition) is 4. The van der Waals surface area contributed by atoms with Gasteiger partial charge >= 0.3 is 0 Å². The third-order valence-corrected chi connectivity index (χ3v) is 4.50. The molecule has 1 N–H and O–H groups in total. The summed E-state index contributed by atoms with van der Waals surface area (Å²) in [5, 5.41) is 2.97. The van der Waals surface area contributed by atoms with E-state index in [0.29, 0.717) is 0 Å². The number of methoxy groups -OCH3 is 1. The van der Waals surface area contributed by atoms with Crippen LogP contribution in [0.1, 0.15) is 24.4 Å². The molecule has 5 nitrogen and oxygen atoms in total. The Morgan fingerprint density at radius 2 is 2.05 bits per heavy atom. The van der Waals surface area contributed by atoms with Gasteiger partial charge in [-0.25, -0.2) is 4.98 Å². The number of amides is 1. The standard InChI is InChI=1S/C16H21N3O2S/c1-11(22-4)16(20)18-14(15-17-9-10-19(15)2)12-5-7-13(21-3)8-6-12/h5-11,14H,1-4H3,(H,18,20)/t11-,14-/m0/s1. The third-order valence-electron chi connectivity index (χ3n) is 3.58. The van der Waals surface area contributed by atoms with E-state index in [-0.39, 0.29) is 17.2 Å². The molecule has 0 saturated carbocycles. The first-order chi connectivity index (χ1) is 10.6. The maximum Gasteiger partial charge on any atom is 0.233 e. The summed E-state index contributed by atoms with van der Waals surface area (Å²) in [6, 6.07) is 7.38. The maximum atomic E-state index is 12.3. The van der Waals surface area contributed by atoms with Crippen molar-refractivity contribution in [3.05, 3.63) is 48.0 Å². The van der Waals surface area contributed by atoms with Gasteiger partial charge in [-0.15, -0.1) is 0 Å². The van der Waals surface area contributed by atoms with Crippen LogP contribution in [0.2, 0.25) is 0 Å². The van der Waals surface area contributed by atoms with E-state index in [9.17, 15) is 4.79 Å². The first-order valence-corrected chi connectivity index (χ1v) is 8.30. The number of hydrogen-bond donors (Lipinski definition) is 1. The number of carbonyl (C=O) groups excluding carboxylic acids is 1. The van der Waals surface area contributed by atoms with Crippen LogP contribution < -0.4 is 10.1 Å². The molecule has 0 spiro atoms. The van der Waals surface area contributed by atoms with Crippen LogP contribution in [0.3, 0.4) is 0 Å². The Balaban J connectivity index is 2.32. The van der Waals surface area contributed by atoms with Crippen molar-refractivity contribution < 1.29 is 9.53 Å². The van der Waals surface area contributed by atoms with Gasteiger partial charge < -0.3 is 14.6 Å². The Bertz CT molecular complexity index is 625. The molecule has 1 heterocycles. The van der Waals surface area contributed by atoms with E-state index in [4.69, 9.17) is 4.74 Å². The normalized spacial score (nSPS) is 13.5. The predicted octanol–water partition coefficient (Wildman–Crippen LogP) is 2.39. The molecule has 1 amide bonds. The smallest absolute Gasteiger partial charge is 0.233 e. The molecule has 1 aromatic heterocycles. The van der Waals surface area contributed by atoms with E-state index in [1.807, 2.05) is 55.3 Å². The summed E-state index contributed by atoms with van der Waals surface area (Å²) in [7, 11) is 3.55. The van der Waals surface area contributed by atoms with Gasteiger partial charge in [0.05, 0.1) is 12.4 Å². The summed E-state index contributed by atoms with van der Waals surface area (Å²) in [6.07, 6.45) is 5.53. The molecule has 0 aliphatic heterocycles. The van der Waals surface area contributed by atoms with Crippen molar-refractivity contribution in [3.8, 4) is 5.75 Å². The fourth-order valence-electron chi connectivity index (χ4n) is 2.12. The average Bonchev–Trinajstić information content (AvgIpc) is 2.97. The minimum atomic E-state index is -0.284. The number of thioether (sulfide) groups is 1. The van der Waals surface area contributed by atoms with Crippen LogP contribution >= 0.6 is 11.8 Å². The van der Waals surface area contributed by atoms with E-state index in [1.54, 1.807) is 13.3 Å². The molecule has 118 valence electrons. The molecular formula is C16H21N3O2S. The number of aryl methyl sites for hydroxylation is 1. The number of nitrogens with zero attached hydrogens (tertiary/aromatic N) is 2. The molecule has 0 bridgehead atoms. The van der Waals surface area contributed by atoms with Gasteiger partial charge in [-0.3, -0.25) is 4.79 Å². The first-order valence-electron chi connectivity index (χ1n) is 7.01. The highest BCUT2D eigenvalue weighted by Gasteiger charge is 2.23. The van der Waals surface area contributed by atoms with Gasteiger partial charge in [0.2, 0.25) is 5.91 Å². The molecule has 0 saturated heterocycles. The molecule has 0 unspecified atom stereocenters. The summed E-state index contributed by atoms with van der Waals surface area (Å²) in [5.74, 6) is 1.58. The van der Waals surface area contributed by atoms with Crippen molar-refractivity contribution in [2.24, 2.45) is 7.05 Å². The quantitative estimate of drug-likeness (QED) is 0.888. The van der Waals surface area contributed by atoms with E-state index in [2.05, 4.69) is 10.3 Å². The van der Waals surface area contributed by atoms with Crippen LogP contribution in [0.5, 0.6) is 5.75 Å². The lowest BCUT2D eigenvalue weighted by Crippen LogP contribution is -2.36. The Labute approximate surface area is 135 Å². The van der Waals surface area contributed by atoms with Gasteiger partial charge in [0, 0.05) is 19.4 Å². The van der Waals surface area contributed by atoms with Gasteiger partial charge in [0.25, 0.3) is 0 Å². The van der Waals surface area contributed by atoms with E-state index >= 15 is 0 Å². The molecular weight excluding hydrogens is 298 g/mol. The molecule has 2 aromatic rings. The van der Waals surface area contributed by atoms with Gasteiger partial charge in [0.15, 0.2) is 0 Å². The monoisotopic (exact) mass is 319 g/mol. The zero-order valence-electron chi connectivity index (χ0n) is 13.2. The summed E-state index contributed by atoms with van der Waals surface area (Å²) in [4.78, 5) is 16.7. The van der Waals surface area contributed by atoms with Crippen molar-refractivity contribution in [3.63, 3.8) is 0 Å². The van der Waals surface area contributed by atoms with Crippen molar-refractivity contribution >= 4 is 17.7 Å². The lowest BCUT2D eigenvalue weighted by molar-refractivity contribution is -0.120. The Hall–Kier alpha value is -1.95. The SMILES string of the molecule is COc1ccc([C@H](NC(=O)[C@H](C)SC)c2nccn2C)cc1. The topological polar surface area (TPSA) is 56.1 Å². The van der Waals surface area contributed by atoms with Gasteiger partial charge in [-0.05, 0) is 30.9 Å². The number of nitrogens with one attached hydrogen (secondary N) is 1. The fraction of sp³-hybridized carbons (Fsp3) is 0.375. The lowest BCUT2D eigenvalue weighted by atomic mass is 10.1. The molecule has 2 rings (SSSR count). The highest BCUT2D eigenvalue weighted by Crippen LogP contribution is 2.23. The van der Waals surface area contributed by atoms with Gasteiger partial charge in [0.1, 0.15) is 17.6 Å². The summed E-state index contributed by atoms with van der Waals surface area (Å²) in [5.41, 5.74) is 0.969. The van der Waals surface area contributed by atoms with Crippen LogP contribution in [-0.4, -0.2) is 34.1 Å². The van der Waals surface area contributed by atoms with Crippen molar-refractivity contribution in [2.75, 3.05) is 13.4 Å². The average molecular weight is 319 g/mol. The molecule has 0 radical (unpaired) electrons. The number of rotatable bonds is 6. The van der Waals surface area contributed by atoms with E-state index < -0.39 is 0 Å². The minimum absolute atomic E-state index is 0.00341. The summed E-state index contributed by atoms with van der Waals surface area (Å²) < 4.78 is 7.10. The van der Waals surface area contributed by atoms with Crippen LogP contribution in [-0.2, 0) is 11.8 Å². The van der Waals surface area contributed by atoms with Crippen molar-refractivity contribution in [2.45, 2.75) is 18.2 Å². The zero-order valence-corrected chi connectivity index (χ0v) is 14.1. The maximum absolute atomic E-state index is 12.3. The number of carbonyl (C=O) groups is 1. The number of imidazole rings is 1. The minimum Gasteiger partial charge on any atom is -0.497 e. The number of benzene rings is 1. The summed E-state index contributed by atoms with van der Waals surface area (Å²) >= 11 is 1.52. The molecule has 22 heavy (non-hydrogen) atoms. The Morgan fingerprint density at radius 1 is 1.36 bits per heavy atom. The van der Waals surface area contributed by atoms with Crippen LogP contribution in [0.4, 0.5) is 0 Å². The first kappa shape index (κ1) is 16.4. The largest absolute Gasteiger partial charge is 0.497 e. The lowest BCUT2D eigenvalue weighted by Gasteiger charge is -2.21. The van der Waals surface area contributed by atoms with E-state index in [0.717, 1.165) is 17.1 Å². The van der Waals surface area contributed by atoms with E-state index in [1.165, 1.54) is 11.8 Å². The molecule has 0 fully saturated rings. The molecule has 0 aliphatic carbocycles. The number of ether oxygens (including phenoxy) is 1. The van der Waals surface area contributed by atoms with Crippen LogP contribution in [0.25, 0.3) is 0 Å². The fourth-order valence-corrected chi connectivity index (χ4v) is 2.40. The molecule has 2 atom stereocenters. The van der Waals surface area contributed by atoms with Gasteiger partial charge in [-0.2, -0.15) is 11.8 Å². The Morgan fingerprint density at radius 3 is 2.55 bits per heavy atom. The van der Waals surface area contributed by atoms with Gasteiger partial charge in [-0.1, -0.05) is 12.1 Å². The van der Waals surface area contributed by atoms with Crippen molar-refractivity contribution in [1.29, 1.82) is 0 Å². The highest BCUT2D eigenvalue weighted by molar-refractivity contribution is 7.99.